The number of likely N-dealkylation sites (tertiary alicyclic amines) is 1. The summed E-state index contributed by atoms with van der Waals surface area (Å²) in [5.41, 5.74) is 2.26. The average Bonchev–Trinajstić information content (AvgIpc) is 2.75. The molecule has 2 amide bonds. The Labute approximate surface area is 182 Å². The fourth-order valence-corrected chi connectivity index (χ4v) is 4.54. The molecule has 30 heavy (non-hydrogen) atoms. The van der Waals surface area contributed by atoms with E-state index in [0.29, 0.717) is 23.9 Å². The third kappa shape index (κ3) is 4.65. The summed E-state index contributed by atoms with van der Waals surface area (Å²) in [6.45, 7) is 3.86. The van der Waals surface area contributed by atoms with Gasteiger partial charge in [0.2, 0.25) is 11.8 Å². The average molecular weight is 427 g/mol. The van der Waals surface area contributed by atoms with E-state index in [1.54, 1.807) is 12.1 Å². The molecule has 2 unspecified atom stereocenters. The summed E-state index contributed by atoms with van der Waals surface area (Å²) in [6, 6.07) is 11.7. The topological polar surface area (TPSA) is 65.5 Å². The van der Waals surface area contributed by atoms with Crippen molar-refractivity contribution in [1.82, 2.24) is 9.88 Å². The van der Waals surface area contributed by atoms with Crippen molar-refractivity contribution in [3.8, 4) is 0 Å². The van der Waals surface area contributed by atoms with E-state index in [-0.39, 0.29) is 23.8 Å². The van der Waals surface area contributed by atoms with Gasteiger partial charge in [-0.25, -0.2) is 4.98 Å². The molecule has 0 radical (unpaired) electrons. The van der Waals surface area contributed by atoms with Gasteiger partial charge in [-0.3, -0.25) is 14.5 Å². The van der Waals surface area contributed by atoms with Gasteiger partial charge in [0, 0.05) is 24.5 Å². The summed E-state index contributed by atoms with van der Waals surface area (Å²) >= 11 is 5.85. The van der Waals surface area contributed by atoms with Crippen molar-refractivity contribution >= 4 is 34.9 Å². The van der Waals surface area contributed by atoms with Crippen LogP contribution in [0.25, 0.3) is 0 Å². The second kappa shape index (κ2) is 9.14. The molecule has 1 fully saturated rings. The summed E-state index contributed by atoms with van der Waals surface area (Å²) in [5.74, 6) is 0.389. The Hall–Kier alpha value is -2.44. The van der Waals surface area contributed by atoms with E-state index < -0.39 is 0 Å². The molecule has 0 bridgehead atoms. The Morgan fingerprint density at radius 2 is 2.03 bits per heavy atom. The molecule has 158 valence electrons. The predicted molar refractivity (Wildman–Crippen MR) is 119 cm³/mol. The highest BCUT2D eigenvalue weighted by Gasteiger charge is 2.31. The second-order valence-corrected chi connectivity index (χ2v) is 8.64. The molecule has 2 atom stereocenters. The van der Waals surface area contributed by atoms with Gasteiger partial charge in [0.05, 0.1) is 17.5 Å². The van der Waals surface area contributed by atoms with Crippen molar-refractivity contribution in [2.75, 3.05) is 29.9 Å². The number of piperidine rings is 1. The number of aryl methyl sites for hydroxylation is 1. The molecular formula is C23H27ClN4O2. The molecule has 0 spiro atoms. The molecule has 4 rings (SSSR count). The van der Waals surface area contributed by atoms with Crippen LogP contribution in [0.5, 0.6) is 0 Å². The molecule has 0 saturated carbocycles. The maximum atomic E-state index is 13.2. The number of para-hydroxylation sites is 1. The second-order valence-electron chi connectivity index (χ2n) is 8.21. The van der Waals surface area contributed by atoms with Gasteiger partial charge < -0.3 is 10.2 Å². The lowest BCUT2D eigenvalue weighted by Crippen LogP contribution is -2.50. The third-order valence-corrected chi connectivity index (χ3v) is 6.23. The summed E-state index contributed by atoms with van der Waals surface area (Å²) in [7, 11) is 0. The highest BCUT2D eigenvalue weighted by molar-refractivity contribution is 6.30. The molecule has 1 aromatic heterocycles. The van der Waals surface area contributed by atoms with Gasteiger partial charge in [-0.05, 0) is 62.9 Å². The van der Waals surface area contributed by atoms with E-state index in [1.807, 2.05) is 23.1 Å². The van der Waals surface area contributed by atoms with Crippen LogP contribution < -0.4 is 10.2 Å². The minimum Gasteiger partial charge on any atom is -0.310 e. The van der Waals surface area contributed by atoms with Crippen LogP contribution in [0.2, 0.25) is 5.02 Å². The molecule has 6 nitrogen and oxygen atoms in total. The van der Waals surface area contributed by atoms with Crippen LogP contribution in [0, 0.1) is 5.92 Å². The van der Waals surface area contributed by atoms with Gasteiger partial charge in [0.25, 0.3) is 0 Å². The summed E-state index contributed by atoms with van der Waals surface area (Å²) < 4.78 is 0. The molecule has 1 aromatic carbocycles. The number of aromatic nitrogens is 1. The number of halogens is 1. The molecule has 2 aliphatic rings. The van der Waals surface area contributed by atoms with Crippen LogP contribution in [-0.2, 0) is 16.0 Å². The number of carbonyl (C=O) groups is 2. The Kier molecular flexibility index (Phi) is 6.35. The minimum absolute atomic E-state index is 0.0568. The molecular weight excluding hydrogens is 400 g/mol. The SMILES string of the molecule is CC1CCc2ccccc2N1C(=O)CN1CCCC(C(=O)Nc2ccc(Cl)cn2)C1. The Morgan fingerprint density at radius 3 is 2.83 bits per heavy atom. The molecule has 1 N–H and O–H groups in total. The third-order valence-electron chi connectivity index (χ3n) is 6.01. The largest absolute Gasteiger partial charge is 0.310 e. The van der Waals surface area contributed by atoms with E-state index in [9.17, 15) is 9.59 Å². The maximum absolute atomic E-state index is 13.2. The summed E-state index contributed by atoms with van der Waals surface area (Å²) in [6.07, 6.45) is 5.20. The Morgan fingerprint density at radius 1 is 1.20 bits per heavy atom. The lowest BCUT2D eigenvalue weighted by atomic mass is 9.95. The molecule has 1 saturated heterocycles. The zero-order chi connectivity index (χ0) is 21.1. The first-order valence-corrected chi connectivity index (χ1v) is 10.9. The standard InChI is InChI=1S/C23H27ClN4O2/c1-16-8-9-17-5-2-3-7-20(17)28(16)22(29)15-27-12-4-6-18(14-27)23(30)26-21-11-10-19(24)13-25-21/h2-3,5,7,10-11,13,16,18H,4,6,8-9,12,14-15H2,1H3,(H,25,26,30). The van der Waals surface area contributed by atoms with Crippen LogP contribution in [-0.4, -0.2) is 47.4 Å². The van der Waals surface area contributed by atoms with Crippen LogP contribution >= 0.6 is 11.6 Å². The zero-order valence-electron chi connectivity index (χ0n) is 17.2. The molecule has 2 aromatic rings. The number of nitrogens with zero attached hydrogens (tertiary/aromatic N) is 3. The van der Waals surface area contributed by atoms with Crippen LogP contribution in [0.1, 0.15) is 31.7 Å². The number of carbonyl (C=O) groups excluding carboxylic acids is 2. The van der Waals surface area contributed by atoms with Crippen LogP contribution in [0.3, 0.4) is 0 Å². The van der Waals surface area contributed by atoms with Crippen molar-refractivity contribution < 1.29 is 9.59 Å². The first-order valence-electron chi connectivity index (χ1n) is 10.6. The van der Waals surface area contributed by atoms with Gasteiger partial charge >= 0.3 is 0 Å². The van der Waals surface area contributed by atoms with Gasteiger partial charge in [0.1, 0.15) is 5.82 Å². The number of nitrogens with one attached hydrogen (secondary N) is 1. The van der Waals surface area contributed by atoms with Crippen molar-refractivity contribution in [2.24, 2.45) is 5.92 Å². The molecule has 0 aliphatic carbocycles. The predicted octanol–water partition coefficient (Wildman–Crippen LogP) is 3.75. The number of amides is 2. The van der Waals surface area contributed by atoms with Crippen molar-refractivity contribution in [3.05, 3.63) is 53.2 Å². The number of rotatable bonds is 4. The Balaban J connectivity index is 1.38. The quantitative estimate of drug-likeness (QED) is 0.808. The maximum Gasteiger partial charge on any atom is 0.241 e. The zero-order valence-corrected chi connectivity index (χ0v) is 17.9. The van der Waals surface area contributed by atoms with Gasteiger partial charge in [-0.2, -0.15) is 0 Å². The number of anilines is 2. The molecule has 3 heterocycles. The number of hydrogen-bond acceptors (Lipinski definition) is 4. The lowest BCUT2D eigenvalue weighted by Gasteiger charge is -2.38. The first-order chi connectivity index (χ1) is 14.5. The van der Waals surface area contributed by atoms with E-state index in [1.165, 1.54) is 11.8 Å². The molecule has 7 heteroatoms. The van der Waals surface area contributed by atoms with E-state index in [2.05, 4.69) is 28.2 Å². The highest BCUT2D eigenvalue weighted by Crippen LogP contribution is 2.31. The van der Waals surface area contributed by atoms with Crippen molar-refractivity contribution in [3.63, 3.8) is 0 Å². The highest BCUT2D eigenvalue weighted by atomic mass is 35.5. The lowest BCUT2D eigenvalue weighted by molar-refractivity contribution is -0.124. The van der Waals surface area contributed by atoms with Gasteiger partial charge in [0.15, 0.2) is 0 Å². The van der Waals surface area contributed by atoms with Crippen LogP contribution in [0.4, 0.5) is 11.5 Å². The first kappa shape index (κ1) is 20.8. The van der Waals surface area contributed by atoms with Crippen molar-refractivity contribution in [2.45, 2.75) is 38.6 Å². The fraction of sp³-hybridized carbons (Fsp3) is 0.435. The number of pyridine rings is 1. The smallest absolute Gasteiger partial charge is 0.241 e. The summed E-state index contributed by atoms with van der Waals surface area (Å²) in [5, 5.41) is 3.40. The van der Waals surface area contributed by atoms with E-state index >= 15 is 0 Å². The normalized spacial score (nSPS) is 21.7. The number of benzene rings is 1. The van der Waals surface area contributed by atoms with Gasteiger partial charge in [-0.15, -0.1) is 0 Å². The summed E-state index contributed by atoms with van der Waals surface area (Å²) in [4.78, 5) is 34.1. The fourth-order valence-electron chi connectivity index (χ4n) is 4.43. The Bertz CT molecular complexity index is 918. The monoisotopic (exact) mass is 426 g/mol. The number of hydrogen-bond donors (Lipinski definition) is 1. The van der Waals surface area contributed by atoms with E-state index in [4.69, 9.17) is 11.6 Å². The van der Waals surface area contributed by atoms with Crippen LogP contribution in [0.15, 0.2) is 42.6 Å². The van der Waals surface area contributed by atoms with Gasteiger partial charge in [-0.1, -0.05) is 29.8 Å². The minimum atomic E-state index is -0.157. The number of fused-ring (bicyclic) bond motifs is 1. The molecule has 2 aliphatic heterocycles. The van der Waals surface area contributed by atoms with Crippen molar-refractivity contribution in [1.29, 1.82) is 0 Å². The van der Waals surface area contributed by atoms with E-state index in [0.717, 1.165) is 37.9 Å².